The number of ether oxygens (including phenoxy) is 1. The van der Waals surface area contributed by atoms with E-state index in [-0.39, 0.29) is 17.9 Å². The summed E-state index contributed by atoms with van der Waals surface area (Å²) in [6, 6.07) is 10.2. The Morgan fingerprint density at radius 3 is 2.57 bits per heavy atom. The van der Waals surface area contributed by atoms with E-state index in [2.05, 4.69) is 5.32 Å². The summed E-state index contributed by atoms with van der Waals surface area (Å²) in [5.41, 5.74) is -0.123. The number of hydrogen-bond acceptors (Lipinski definition) is 4. The summed E-state index contributed by atoms with van der Waals surface area (Å²) >= 11 is 1.43. The highest BCUT2D eigenvalue weighted by Crippen LogP contribution is 2.41. The van der Waals surface area contributed by atoms with Gasteiger partial charge in [-0.25, -0.2) is 0 Å². The van der Waals surface area contributed by atoms with E-state index in [1.54, 1.807) is 12.1 Å². The molecule has 0 radical (unpaired) electrons. The van der Waals surface area contributed by atoms with Crippen molar-refractivity contribution in [1.82, 2.24) is 4.90 Å². The van der Waals surface area contributed by atoms with Crippen LogP contribution < -0.4 is 10.1 Å². The topological polar surface area (TPSA) is 58.6 Å². The predicted molar refractivity (Wildman–Crippen MR) is 109 cm³/mol. The highest BCUT2D eigenvalue weighted by Gasteiger charge is 2.46. The minimum atomic E-state index is -4.55. The molecule has 0 bridgehead atoms. The number of likely N-dealkylation sites (N-methyl/N-ethyl adjacent to an activating group) is 1. The first-order valence-corrected chi connectivity index (χ1v) is 10.3. The Bertz CT molecular complexity index is 965. The van der Waals surface area contributed by atoms with Crippen molar-refractivity contribution in [3.05, 3.63) is 53.6 Å². The third-order valence-corrected chi connectivity index (χ3v) is 5.91. The Hall–Kier alpha value is -2.68. The third-order valence-electron chi connectivity index (χ3n) is 5.12. The van der Waals surface area contributed by atoms with Crippen LogP contribution in [0.25, 0.3) is 0 Å². The summed E-state index contributed by atoms with van der Waals surface area (Å²) in [5.74, 6) is -2.74. The molecular formula is C21H21F3N2O3S. The van der Waals surface area contributed by atoms with Crippen molar-refractivity contribution in [3.8, 4) is 5.75 Å². The molecule has 2 aromatic rings. The van der Waals surface area contributed by atoms with E-state index >= 15 is 0 Å². The molecule has 5 nitrogen and oxygen atoms in total. The van der Waals surface area contributed by atoms with Gasteiger partial charge in [-0.15, -0.1) is 11.8 Å². The minimum Gasteiger partial charge on any atom is -0.496 e. The standard InChI is InChI=1S/C21H21F3N2O3S/c1-26-11-14(13-10-12(21(22,23)24)8-9-16(13)29-2)18(20(26)28)19(27)25-15-6-4-5-7-17(15)30-3/h4-10,14,18H,11H2,1-3H3,(H,25,27)/t14-,18+/m1/s1. The molecule has 0 saturated carbocycles. The number of thioether (sulfide) groups is 1. The van der Waals surface area contributed by atoms with Crippen molar-refractivity contribution in [2.24, 2.45) is 5.92 Å². The number of para-hydroxylation sites is 1. The van der Waals surface area contributed by atoms with Crippen molar-refractivity contribution >= 4 is 29.3 Å². The molecule has 1 fully saturated rings. The fourth-order valence-electron chi connectivity index (χ4n) is 3.63. The number of amides is 2. The van der Waals surface area contributed by atoms with Gasteiger partial charge in [0, 0.05) is 30.0 Å². The van der Waals surface area contributed by atoms with E-state index in [9.17, 15) is 22.8 Å². The molecular weight excluding hydrogens is 417 g/mol. The van der Waals surface area contributed by atoms with Crippen molar-refractivity contribution in [3.63, 3.8) is 0 Å². The summed E-state index contributed by atoms with van der Waals surface area (Å²) in [5, 5.41) is 2.77. The summed E-state index contributed by atoms with van der Waals surface area (Å²) < 4.78 is 45.1. The second-order valence-corrected chi connectivity index (χ2v) is 7.80. The lowest BCUT2D eigenvalue weighted by Crippen LogP contribution is -2.33. The lowest BCUT2D eigenvalue weighted by Gasteiger charge is -2.21. The number of nitrogens with zero attached hydrogens (tertiary/aromatic N) is 1. The number of hydrogen-bond donors (Lipinski definition) is 1. The number of likely N-dealkylation sites (tertiary alicyclic amines) is 1. The Kier molecular flexibility index (Phi) is 6.30. The molecule has 2 aromatic carbocycles. The average molecular weight is 438 g/mol. The van der Waals surface area contributed by atoms with Gasteiger partial charge in [0.2, 0.25) is 11.8 Å². The molecule has 9 heteroatoms. The molecule has 160 valence electrons. The van der Waals surface area contributed by atoms with Crippen molar-refractivity contribution in [1.29, 1.82) is 0 Å². The summed E-state index contributed by atoms with van der Waals surface area (Å²) in [6.07, 6.45) is -2.69. The van der Waals surface area contributed by atoms with Gasteiger partial charge < -0.3 is 15.0 Å². The molecule has 1 aliphatic heterocycles. The van der Waals surface area contributed by atoms with Gasteiger partial charge in [-0.2, -0.15) is 13.2 Å². The maximum atomic E-state index is 13.3. The summed E-state index contributed by atoms with van der Waals surface area (Å²) in [4.78, 5) is 28.0. The first-order valence-electron chi connectivity index (χ1n) is 9.11. The predicted octanol–water partition coefficient (Wildman–Crippen LogP) is 4.25. The van der Waals surface area contributed by atoms with Crippen LogP contribution in [0.15, 0.2) is 47.4 Å². The number of alkyl halides is 3. The average Bonchev–Trinajstić information content (AvgIpc) is 3.01. The van der Waals surface area contributed by atoms with Crippen LogP contribution >= 0.6 is 11.8 Å². The molecule has 1 saturated heterocycles. The van der Waals surface area contributed by atoms with Crippen LogP contribution in [0.3, 0.4) is 0 Å². The molecule has 2 amide bonds. The van der Waals surface area contributed by atoms with Crippen LogP contribution in [0.4, 0.5) is 18.9 Å². The zero-order valence-electron chi connectivity index (χ0n) is 16.6. The Labute approximate surface area is 176 Å². The van der Waals surface area contributed by atoms with Crippen molar-refractivity contribution in [2.45, 2.75) is 17.0 Å². The zero-order valence-corrected chi connectivity index (χ0v) is 17.4. The molecule has 0 unspecified atom stereocenters. The number of rotatable bonds is 5. The SMILES string of the molecule is COc1ccc(C(F)(F)F)cc1[C@H]1CN(C)C(=O)[C@@H]1C(=O)Nc1ccccc1SC. The largest absolute Gasteiger partial charge is 0.496 e. The lowest BCUT2D eigenvalue weighted by atomic mass is 9.86. The van der Waals surface area contributed by atoms with Gasteiger partial charge in [-0.3, -0.25) is 9.59 Å². The van der Waals surface area contributed by atoms with E-state index in [4.69, 9.17) is 4.74 Å². The number of methoxy groups -OCH3 is 1. The molecule has 2 atom stereocenters. The summed E-state index contributed by atoms with van der Waals surface area (Å²) in [7, 11) is 2.87. The molecule has 0 aromatic heterocycles. The van der Waals surface area contributed by atoms with Gasteiger partial charge in [0.1, 0.15) is 11.7 Å². The molecule has 3 rings (SSSR count). The second-order valence-electron chi connectivity index (χ2n) is 6.95. The fraction of sp³-hybridized carbons (Fsp3) is 0.333. The van der Waals surface area contributed by atoms with E-state index in [0.29, 0.717) is 5.69 Å². The van der Waals surface area contributed by atoms with Gasteiger partial charge in [0.25, 0.3) is 0 Å². The van der Waals surface area contributed by atoms with Gasteiger partial charge >= 0.3 is 6.18 Å². The summed E-state index contributed by atoms with van der Waals surface area (Å²) in [6.45, 7) is 0.110. The van der Waals surface area contributed by atoms with Crippen molar-refractivity contribution < 1.29 is 27.5 Å². The Morgan fingerprint density at radius 2 is 1.93 bits per heavy atom. The number of halogens is 3. The van der Waals surface area contributed by atoms with Gasteiger partial charge in [0.15, 0.2) is 0 Å². The van der Waals surface area contributed by atoms with Gasteiger partial charge in [0.05, 0.1) is 18.4 Å². The number of anilines is 1. The van der Waals surface area contributed by atoms with Crippen LogP contribution in [0, 0.1) is 5.92 Å². The monoisotopic (exact) mass is 438 g/mol. The molecule has 1 N–H and O–H groups in total. The minimum absolute atomic E-state index is 0.110. The van der Waals surface area contributed by atoms with E-state index < -0.39 is 35.4 Å². The van der Waals surface area contributed by atoms with Crippen molar-refractivity contribution in [2.75, 3.05) is 32.3 Å². The first kappa shape index (κ1) is 22.0. The van der Waals surface area contributed by atoms with Crippen LogP contribution in [0.1, 0.15) is 17.0 Å². The zero-order chi connectivity index (χ0) is 22.1. The maximum Gasteiger partial charge on any atom is 0.416 e. The van der Waals surface area contributed by atoms with E-state index in [0.717, 1.165) is 17.0 Å². The third kappa shape index (κ3) is 4.26. The normalized spacial score (nSPS) is 19.1. The smallest absolute Gasteiger partial charge is 0.416 e. The van der Waals surface area contributed by atoms with Crippen LogP contribution in [0.2, 0.25) is 0 Å². The fourth-order valence-corrected chi connectivity index (χ4v) is 4.19. The maximum absolute atomic E-state index is 13.3. The molecule has 1 aliphatic rings. The Morgan fingerprint density at radius 1 is 1.23 bits per heavy atom. The second kappa shape index (κ2) is 8.59. The number of carbonyl (C=O) groups is 2. The molecule has 30 heavy (non-hydrogen) atoms. The van der Waals surface area contributed by atoms with Crippen LogP contribution in [-0.2, 0) is 15.8 Å². The number of benzene rings is 2. The molecule has 0 spiro atoms. The molecule has 0 aliphatic carbocycles. The number of nitrogens with one attached hydrogen (secondary N) is 1. The highest BCUT2D eigenvalue weighted by molar-refractivity contribution is 7.98. The van der Waals surface area contributed by atoms with Gasteiger partial charge in [-0.1, -0.05) is 12.1 Å². The Balaban J connectivity index is 2.00. The highest BCUT2D eigenvalue weighted by atomic mass is 32.2. The first-order chi connectivity index (χ1) is 14.2. The van der Waals surface area contributed by atoms with E-state index in [1.165, 1.54) is 36.9 Å². The van der Waals surface area contributed by atoms with Crippen LogP contribution in [-0.4, -0.2) is 43.7 Å². The lowest BCUT2D eigenvalue weighted by molar-refractivity contribution is -0.137. The van der Waals surface area contributed by atoms with E-state index in [1.807, 2.05) is 18.4 Å². The van der Waals surface area contributed by atoms with Gasteiger partial charge in [-0.05, 0) is 36.6 Å². The molecule has 1 heterocycles. The van der Waals surface area contributed by atoms with Crippen LogP contribution in [0.5, 0.6) is 5.75 Å². The number of carbonyl (C=O) groups excluding carboxylic acids is 2. The quantitative estimate of drug-likeness (QED) is 0.560.